The Morgan fingerprint density at radius 3 is 2.19 bits per heavy atom. The number of aromatic hydroxyl groups is 1. The van der Waals surface area contributed by atoms with E-state index in [-0.39, 0.29) is 28.7 Å². The number of rotatable bonds is 3. The number of carbonyl (C=O) groups excluding carboxylic acids is 2. The van der Waals surface area contributed by atoms with Gasteiger partial charge < -0.3 is 19.6 Å². The number of amides is 2. The van der Waals surface area contributed by atoms with Crippen molar-refractivity contribution in [2.45, 2.75) is 6.42 Å². The topological polar surface area (TPSA) is 70.1 Å². The summed E-state index contributed by atoms with van der Waals surface area (Å²) in [5.41, 5.74) is 0.217. The zero-order valence-corrected chi connectivity index (χ0v) is 15.0. The van der Waals surface area contributed by atoms with Gasteiger partial charge in [-0.15, -0.1) is 0 Å². The lowest BCUT2D eigenvalue weighted by Crippen LogP contribution is -2.37. The first-order valence-corrected chi connectivity index (χ1v) is 8.71. The molecule has 2 aromatic carbocycles. The molecule has 27 heavy (non-hydrogen) atoms. The van der Waals surface area contributed by atoms with Crippen molar-refractivity contribution in [3.63, 3.8) is 0 Å². The van der Waals surface area contributed by atoms with Gasteiger partial charge in [0.15, 0.2) is 0 Å². The van der Waals surface area contributed by atoms with Crippen LogP contribution in [-0.2, 0) is 0 Å². The number of phenols is 1. The Balaban J connectivity index is 1.70. The summed E-state index contributed by atoms with van der Waals surface area (Å²) in [5, 5.41) is 10.1. The predicted molar refractivity (Wildman–Crippen MR) is 97.5 cm³/mol. The van der Waals surface area contributed by atoms with Crippen LogP contribution in [0.1, 0.15) is 27.1 Å². The fourth-order valence-electron chi connectivity index (χ4n) is 3.12. The normalized spacial score (nSPS) is 14.6. The summed E-state index contributed by atoms with van der Waals surface area (Å²) in [4.78, 5) is 28.5. The third-order valence-corrected chi connectivity index (χ3v) is 4.61. The van der Waals surface area contributed by atoms with E-state index in [4.69, 9.17) is 4.74 Å². The molecule has 0 radical (unpaired) electrons. The summed E-state index contributed by atoms with van der Waals surface area (Å²) in [6.45, 7) is 1.50. The molecule has 2 amide bonds. The number of hydrogen-bond acceptors (Lipinski definition) is 4. The van der Waals surface area contributed by atoms with Gasteiger partial charge in [-0.1, -0.05) is 12.1 Å². The van der Waals surface area contributed by atoms with Crippen molar-refractivity contribution < 1.29 is 23.8 Å². The number of benzene rings is 2. The predicted octanol–water partition coefficient (Wildman–Crippen LogP) is 2.53. The maximum absolute atomic E-state index is 13.9. The fraction of sp³-hybridized carbons (Fsp3) is 0.300. The van der Waals surface area contributed by atoms with Gasteiger partial charge in [-0.05, 0) is 30.7 Å². The number of hydrogen-bond donors (Lipinski definition) is 1. The van der Waals surface area contributed by atoms with E-state index < -0.39 is 5.82 Å². The second-order valence-corrected chi connectivity index (χ2v) is 6.30. The highest BCUT2D eigenvalue weighted by atomic mass is 19.1. The van der Waals surface area contributed by atoms with E-state index in [1.54, 1.807) is 21.9 Å². The molecule has 1 saturated heterocycles. The molecule has 1 heterocycles. The lowest BCUT2D eigenvalue weighted by molar-refractivity contribution is 0.0714. The summed E-state index contributed by atoms with van der Waals surface area (Å²) in [6, 6.07) is 10.4. The van der Waals surface area contributed by atoms with E-state index in [1.165, 1.54) is 37.4 Å². The van der Waals surface area contributed by atoms with Crippen molar-refractivity contribution in [3.8, 4) is 11.5 Å². The van der Waals surface area contributed by atoms with Gasteiger partial charge in [0.2, 0.25) is 0 Å². The van der Waals surface area contributed by atoms with Gasteiger partial charge in [0.05, 0.1) is 18.2 Å². The minimum atomic E-state index is -0.553. The maximum Gasteiger partial charge on any atom is 0.257 e. The molecule has 1 aliphatic heterocycles. The van der Waals surface area contributed by atoms with Gasteiger partial charge >= 0.3 is 0 Å². The molecule has 0 saturated carbocycles. The molecule has 0 aromatic heterocycles. The number of ether oxygens (including phenoxy) is 1. The van der Waals surface area contributed by atoms with Crippen LogP contribution in [0.25, 0.3) is 0 Å². The van der Waals surface area contributed by atoms with Crippen molar-refractivity contribution in [1.82, 2.24) is 9.80 Å². The van der Waals surface area contributed by atoms with Gasteiger partial charge in [-0.3, -0.25) is 9.59 Å². The van der Waals surface area contributed by atoms with Crippen LogP contribution in [0.2, 0.25) is 0 Å². The molecule has 0 atom stereocenters. The molecule has 142 valence electrons. The quantitative estimate of drug-likeness (QED) is 0.899. The molecule has 7 heteroatoms. The van der Waals surface area contributed by atoms with Crippen LogP contribution in [0.15, 0.2) is 42.5 Å². The SMILES string of the molecule is COc1ccc(C(=O)N2CCCN(C(=O)c3ccccc3F)CC2)c(O)c1. The van der Waals surface area contributed by atoms with E-state index in [1.807, 2.05) is 0 Å². The number of carbonyl (C=O) groups is 2. The summed E-state index contributed by atoms with van der Waals surface area (Å²) in [7, 11) is 1.48. The minimum absolute atomic E-state index is 0.0325. The summed E-state index contributed by atoms with van der Waals surface area (Å²) < 4.78 is 18.9. The standard InChI is InChI=1S/C20H21FN2O4/c1-27-14-7-8-16(18(24)13-14)20(26)23-10-4-9-22(11-12-23)19(25)15-5-2-3-6-17(15)21/h2-3,5-8,13,24H,4,9-12H2,1H3. The van der Waals surface area contributed by atoms with Crippen molar-refractivity contribution in [2.24, 2.45) is 0 Å². The van der Waals surface area contributed by atoms with Crippen molar-refractivity contribution in [2.75, 3.05) is 33.3 Å². The molecular formula is C20H21FN2O4. The Morgan fingerprint density at radius 1 is 0.963 bits per heavy atom. The Hall–Kier alpha value is -3.09. The van der Waals surface area contributed by atoms with Crippen LogP contribution in [0.5, 0.6) is 11.5 Å². The van der Waals surface area contributed by atoms with Gasteiger partial charge in [0.1, 0.15) is 17.3 Å². The number of phenolic OH excluding ortho intramolecular Hbond substituents is 1. The van der Waals surface area contributed by atoms with E-state index in [2.05, 4.69) is 0 Å². The average molecular weight is 372 g/mol. The van der Waals surface area contributed by atoms with Gasteiger partial charge in [0, 0.05) is 32.2 Å². The second kappa shape index (κ2) is 8.07. The monoisotopic (exact) mass is 372 g/mol. The van der Waals surface area contributed by atoms with Crippen LogP contribution in [0.4, 0.5) is 4.39 Å². The Labute approximate surface area is 156 Å². The molecule has 1 fully saturated rings. The average Bonchev–Trinajstić information content (AvgIpc) is 2.93. The fourth-order valence-corrected chi connectivity index (χ4v) is 3.12. The largest absolute Gasteiger partial charge is 0.507 e. The molecule has 0 aliphatic carbocycles. The van der Waals surface area contributed by atoms with Gasteiger partial charge in [-0.25, -0.2) is 4.39 Å². The Morgan fingerprint density at radius 2 is 1.59 bits per heavy atom. The van der Waals surface area contributed by atoms with E-state index >= 15 is 0 Å². The number of nitrogens with zero attached hydrogens (tertiary/aromatic N) is 2. The molecule has 0 bridgehead atoms. The lowest BCUT2D eigenvalue weighted by Gasteiger charge is -2.23. The summed E-state index contributed by atoms with van der Waals surface area (Å²) >= 11 is 0. The van der Waals surface area contributed by atoms with Gasteiger partial charge in [0.25, 0.3) is 11.8 Å². The highest BCUT2D eigenvalue weighted by Gasteiger charge is 2.26. The Kier molecular flexibility index (Phi) is 5.59. The van der Waals surface area contributed by atoms with Crippen LogP contribution >= 0.6 is 0 Å². The van der Waals surface area contributed by atoms with Crippen molar-refractivity contribution in [3.05, 3.63) is 59.4 Å². The van der Waals surface area contributed by atoms with Crippen LogP contribution in [0.3, 0.4) is 0 Å². The molecule has 3 rings (SSSR count). The molecule has 6 nitrogen and oxygen atoms in total. The first kappa shape index (κ1) is 18.7. The van der Waals surface area contributed by atoms with Crippen molar-refractivity contribution >= 4 is 11.8 Å². The zero-order valence-electron chi connectivity index (χ0n) is 15.0. The molecular weight excluding hydrogens is 351 g/mol. The highest BCUT2D eigenvalue weighted by molar-refractivity contribution is 5.97. The van der Waals surface area contributed by atoms with Gasteiger partial charge in [-0.2, -0.15) is 0 Å². The lowest BCUT2D eigenvalue weighted by atomic mass is 10.1. The summed E-state index contributed by atoms with van der Waals surface area (Å²) in [6.07, 6.45) is 0.572. The first-order chi connectivity index (χ1) is 13.0. The molecule has 0 spiro atoms. The maximum atomic E-state index is 13.9. The molecule has 2 aromatic rings. The van der Waals surface area contributed by atoms with Crippen LogP contribution in [0, 0.1) is 5.82 Å². The second-order valence-electron chi connectivity index (χ2n) is 6.30. The third-order valence-electron chi connectivity index (χ3n) is 4.61. The van der Waals surface area contributed by atoms with Crippen LogP contribution in [-0.4, -0.2) is 60.0 Å². The Bertz CT molecular complexity index is 856. The smallest absolute Gasteiger partial charge is 0.257 e. The van der Waals surface area contributed by atoms with E-state index in [0.717, 1.165) is 0 Å². The van der Waals surface area contributed by atoms with E-state index in [0.29, 0.717) is 38.3 Å². The van der Waals surface area contributed by atoms with Crippen molar-refractivity contribution in [1.29, 1.82) is 0 Å². The number of halogens is 1. The van der Waals surface area contributed by atoms with E-state index in [9.17, 15) is 19.1 Å². The first-order valence-electron chi connectivity index (χ1n) is 8.71. The molecule has 0 unspecified atom stereocenters. The zero-order chi connectivity index (χ0) is 19.4. The highest BCUT2D eigenvalue weighted by Crippen LogP contribution is 2.25. The molecule has 1 N–H and O–H groups in total. The third kappa shape index (κ3) is 4.02. The molecule has 1 aliphatic rings. The van der Waals surface area contributed by atoms with Crippen LogP contribution < -0.4 is 4.74 Å². The number of methoxy groups -OCH3 is 1. The minimum Gasteiger partial charge on any atom is -0.507 e. The summed E-state index contributed by atoms with van der Waals surface area (Å²) in [5.74, 6) is -0.933.